The highest BCUT2D eigenvalue weighted by molar-refractivity contribution is 5.97. The summed E-state index contributed by atoms with van der Waals surface area (Å²) in [6.07, 6.45) is 4.54. The lowest BCUT2D eigenvalue weighted by Gasteiger charge is -2.07. The average Bonchev–Trinajstić information content (AvgIpc) is 2.80. The van der Waals surface area contributed by atoms with Gasteiger partial charge in [0.2, 0.25) is 0 Å². The third-order valence-electron chi connectivity index (χ3n) is 3.48. The van der Waals surface area contributed by atoms with Crippen LogP contribution in [0, 0.1) is 5.82 Å². The Labute approximate surface area is 123 Å². The Kier molecular flexibility index (Phi) is 4.55. The summed E-state index contributed by atoms with van der Waals surface area (Å²) < 4.78 is 13.1. The first-order chi connectivity index (χ1) is 9.22. The van der Waals surface area contributed by atoms with Crippen molar-refractivity contribution in [1.29, 1.82) is 0 Å². The van der Waals surface area contributed by atoms with Crippen molar-refractivity contribution >= 4 is 18.2 Å². The molecule has 0 saturated carbocycles. The number of H-pyrrole nitrogens is 1. The quantitative estimate of drug-likeness (QED) is 0.883. The lowest BCUT2D eigenvalue weighted by atomic mass is 10.0. The van der Waals surface area contributed by atoms with Crippen LogP contribution in [0.2, 0.25) is 0 Å². The molecule has 2 aromatic rings. The van der Waals surface area contributed by atoms with Gasteiger partial charge in [0.25, 0.3) is 0 Å². The maximum Gasteiger partial charge on any atom is 0.170 e. The SMILES string of the molecule is Cl.O=C(Cc1nc2c([nH]1)CCCC2)c1cccc(F)c1. The van der Waals surface area contributed by atoms with Crippen molar-refractivity contribution in [2.24, 2.45) is 0 Å². The summed E-state index contributed by atoms with van der Waals surface area (Å²) in [5, 5.41) is 0. The number of ketones is 1. The molecule has 20 heavy (non-hydrogen) atoms. The predicted octanol–water partition coefficient (Wildman–Crippen LogP) is 3.27. The second-order valence-electron chi connectivity index (χ2n) is 4.93. The number of nitrogens with one attached hydrogen (secondary N) is 1. The van der Waals surface area contributed by atoms with E-state index >= 15 is 0 Å². The van der Waals surface area contributed by atoms with Crippen LogP contribution in [-0.4, -0.2) is 15.8 Å². The van der Waals surface area contributed by atoms with Crippen molar-refractivity contribution in [3.63, 3.8) is 0 Å². The maximum absolute atomic E-state index is 13.1. The van der Waals surface area contributed by atoms with Crippen LogP contribution in [0.5, 0.6) is 0 Å². The van der Waals surface area contributed by atoms with Crippen LogP contribution in [0.3, 0.4) is 0 Å². The van der Waals surface area contributed by atoms with E-state index in [0.29, 0.717) is 11.4 Å². The molecule has 0 aliphatic heterocycles. The number of aromatic nitrogens is 2. The summed E-state index contributed by atoms with van der Waals surface area (Å²) in [5.41, 5.74) is 2.65. The van der Waals surface area contributed by atoms with Gasteiger partial charge in [-0.2, -0.15) is 0 Å². The van der Waals surface area contributed by atoms with Crippen molar-refractivity contribution in [3.8, 4) is 0 Å². The molecule has 0 spiro atoms. The molecular formula is C15H16ClFN2O. The molecule has 1 heterocycles. The number of hydrogen-bond acceptors (Lipinski definition) is 2. The standard InChI is InChI=1S/C15H15FN2O.ClH/c16-11-5-3-4-10(8-11)14(19)9-15-17-12-6-1-2-7-13(12)18-15;/h3-5,8H,1-2,6-7,9H2,(H,17,18);1H. The summed E-state index contributed by atoms with van der Waals surface area (Å²) in [7, 11) is 0. The second kappa shape index (κ2) is 6.18. The van der Waals surface area contributed by atoms with Gasteiger partial charge >= 0.3 is 0 Å². The van der Waals surface area contributed by atoms with Gasteiger partial charge in [0.05, 0.1) is 12.1 Å². The Morgan fingerprint density at radius 3 is 2.85 bits per heavy atom. The zero-order valence-electron chi connectivity index (χ0n) is 11.0. The van der Waals surface area contributed by atoms with Gasteiger partial charge in [-0.1, -0.05) is 12.1 Å². The van der Waals surface area contributed by atoms with Gasteiger partial charge in [-0.25, -0.2) is 9.37 Å². The Balaban J connectivity index is 0.00000147. The molecule has 1 aromatic heterocycles. The van der Waals surface area contributed by atoms with E-state index in [-0.39, 0.29) is 30.4 Å². The Bertz CT molecular complexity index is 601. The van der Waals surface area contributed by atoms with Gasteiger partial charge < -0.3 is 4.98 Å². The van der Waals surface area contributed by atoms with E-state index in [4.69, 9.17) is 0 Å². The number of imidazole rings is 1. The summed E-state index contributed by atoms with van der Waals surface area (Å²) in [4.78, 5) is 19.7. The summed E-state index contributed by atoms with van der Waals surface area (Å²) in [6, 6.07) is 5.79. The number of carbonyl (C=O) groups excluding carboxylic acids is 1. The monoisotopic (exact) mass is 294 g/mol. The van der Waals surface area contributed by atoms with Crippen LogP contribution in [0.1, 0.15) is 40.4 Å². The number of hydrogen-bond donors (Lipinski definition) is 1. The Morgan fingerprint density at radius 1 is 1.30 bits per heavy atom. The van der Waals surface area contributed by atoms with Crippen LogP contribution in [0.15, 0.2) is 24.3 Å². The van der Waals surface area contributed by atoms with E-state index in [1.165, 1.54) is 18.6 Å². The minimum absolute atomic E-state index is 0. The van der Waals surface area contributed by atoms with Crippen molar-refractivity contribution < 1.29 is 9.18 Å². The molecule has 0 radical (unpaired) electrons. The van der Waals surface area contributed by atoms with Gasteiger partial charge in [0, 0.05) is 11.3 Å². The van der Waals surface area contributed by atoms with Gasteiger partial charge in [0.15, 0.2) is 5.78 Å². The highest BCUT2D eigenvalue weighted by Gasteiger charge is 2.16. The van der Waals surface area contributed by atoms with Gasteiger partial charge in [-0.3, -0.25) is 4.79 Å². The van der Waals surface area contributed by atoms with Gasteiger partial charge in [0.1, 0.15) is 11.6 Å². The number of carbonyl (C=O) groups is 1. The van der Waals surface area contributed by atoms with E-state index in [9.17, 15) is 9.18 Å². The van der Waals surface area contributed by atoms with E-state index in [1.807, 2.05) is 0 Å². The molecule has 0 bridgehead atoms. The molecule has 0 saturated heterocycles. The number of fused-ring (bicyclic) bond motifs is 1. The van der Waals surface area contributed by atoms with Gasteiger partial charge in [-0.05, 0) is 37.8 Å². The number of rotatable bonds is 3. The van der Waals surface area contributed by atoms with Crippen molar-refractivity contribution in [2.45, 2.75) is 32.1 Å². The molecule has 3 nitrogen and oxygen atoms in total. The van der Waals surface area contributed by atoms with Crippen LogP contribution >= 0.6 is 12.4 Å². The maximum atomic E-state index is 13.1. The molecule has 5 heteroatoms. The topological polar surface area (TPSA) is 45.8 Å². The third kappa shape index (κ3) is 3.07. The fourth-order valence-electron chi connectivity index (χ4n) is 2.51. The smallest absolute Gasteiger partial charge is 0.170 e. The highest BCUT2D eigenvalue weighted by Crippen LogP contribution is 2.19. The summed E-state index contributed by atoms with van der Waals surface area (Å²) in [6.45, 7) is 0. The Hall–Kier alpha value is -1.68. The molecular weight excluding hydrogens is 279 g/mol. The number of aryl methyl sites for hydroxylation is 2. The molecule has 1 aliphatic rings. The first kappa shape index (κ1) is 14.7. The first-order valence-corrected chi connectivity index (χ1v) is 6.58. The van der Waals surface area contributed by atoms with Crippen LogP contribution < -0.4 is 0 Å². The molecule has 1 aliphatic carbocycles. The van der Waals surface area contributed by atoms with Crippen LogP contribution in [0.4, 0.5) is 4.39 Å². The fourth-order valence-corrected chi connectivity index (χ4v) is 2.51. The first-order valence-electron chi connectivity index (χ1n) is 6.58. The molecule has 0 fully saturated rings. The molecule has 3 rings (SSSR count). The second-order valence-corrected chi connectivity index (χ2v) is 4.93. The molecule has 106 valence electrons. The molecule has 0 unspecified atom stereocenters. The Morgan fingerprint density at radius 2 is 2.10 bits per heavy atom. The number of benzene rings is 1. The van der Waals surface area contributed by atoms with E-state index < -0.39 is 0 Å². The minimum atomic E-state index is -0.385. The van der Waals surface area contributed by atoms with Crippen LogP contribution in [-0.2, 0) is 19.3 Å². The van der Waals surface area contributed by atoms with Crippen molar-refractivity contribution in [1.82, 2.24) is 9.97 Å². The number of nitrogens with zero attached hydrogens (tertiary/aromatic N) is 1. The van der Waals surface area contributed by atoms with Gasteiger partial charge in [-0.15, -0.1) is 12.4 Å². The molecule has 0 amide bonds. The number of Topliss-reactive ketones (excluding diaryl/α,β-unsaturated/α-hetero) is 1. The van der Waals surface area contributed by atoms with E-state index in [1.54, 1.807) is 12.1 Å². The largest absolute Gasteiger partial charge is 0.345 e. The van der Waals surface area contributed by atoms with Crippen molar-refractivity contribution in [3.05, 3.63) is 52.9 Å². The highest BCUT2D eigenvalue weighted by atomic mass is 35.5. The lowest BCUT2D eigenvalue weighted by Crippen LogP contribution is -2.05. The molecule has 1 aromatic carbocycles. The summed E-state index contributed by atoms with van der Waals surface area (Å²) >= 11 is 0. The minimum Gasteiger partial charge on any atom is -0.345 e. The zero-order valence-corrected chi connectivity index (χ0v) is 11.8. The third-order valence-corrected chi connectivity index (χ3v) is 3.48. The van der Waals surface area contributed by atoms with E-state index in [0.717, 1.165) is 30.7 Å². The number of halogens is 2. The van der Waals surface area contributed by atoms with Crippen LogP contribution in [0.25, 0.3) is 0 Å². The average molecular weight is 295 g/mol. The van der Waals surface area contributed by atoms with E-state index in [2.05, 4.69) is 9.97 Å². The molecule has 1 N–H and O–H groups in total. The summed E-state index contributed by atoms with van der Waals surface area (Å²) in [5.74, 6) is 0.205. The number of aromatic amines is 1. The lowest BCUT2D eigenvalue weighted by molar-refractivity contribution is 0.0990. The van der Waals surface area contributed by atoms with Crippen molar-refractivity contribution in [2.75, 3.05) is 0 Å². The molecule has 0 atom stereocenters. The zero-order chi connectivity index (χ0) is 13.2. The normalized spacial score (nSPS) is 13.4. The fraction of sp³-hybridized carbons (Fsp3) is 0.333. The predicted molar refractivity (Wildman–Crippen MR) is 76.9 cm³/mol.